The van der Waals surface area contributed by atoms with Crippen molar-refractivity contribution in [1.29, 1.82) is 0 Å². The van der Waals surface area contributed by atoms with Crippen LogP contribution < -0.4 is 0 Å². The summed E-state index contributed by atoms with van der Waals surface area (Å²) in [4.78, 5) is 14.6. The fourth-order valence-electron chi connectivity index (χ4n) is 2.86. The van der Waals surface area contributed by atoms with Gasteiger partial charge in [-0.3, -0.25) is 0 Å². The molecule has 3 nitrogen and oxygen atoms in total. The Labute approximate surface area is 145 Å². The zero-order valence-electron chi connectivity index (χ0n) is 12.7. The second-order valence-corrected chi connectivity index (χ2v) is 6.43. The molecule has 0 aliphatic rings. The Hall–Kier alpha value is -2.99. The molecular formula is C19H11F2NO2S. The Kier molecular flexibility index (Phi) is 3.62. The number of hydrogen-bond acceptors (Lipinski definition) is 2. The summed E-state index contributed by atoms with van der Waals surface area (Å²) in [6.07, 6.45) is 0. The third kappa shape index (κ3) is 2.60. The number of fused-ring (bicyclic) bond motifs is 1. The van der Waals surface area contributed by atoms with Gasteiger partial charge in [0, 0.05) is 16.5 Å². The number of hydrogen-bond donors (Lipinski definition) is 2. The van der Waals surface area contributed by atoms with Crippen LogP contribution in [0.4, 0.5) is 8.78 Å². The van der Waals surface area contributed by atoms with Crippen LogP contribution in [0.1, 0.15) is 10.5 Å². The van der Waals surface area contributed by atoms with E-state index in [-0.39, 0.29) is 17.3 Å². The van der Waals surface area contributed by atoms with Crippen molar-refractivity contribution in [3.8, 4) is 22.3 Å². The summed E-state index contributed by atoms with van der Waals surface area (Å²) in [6.45, 7) is 0. The molecule has 0 radical (unpaired) electrons. The predicted octanol–water partition coefficient (Wildman–Crippen LogP) is 5.54. The highest BCUT2D eigenvalue weighted by Crippen LogP contribution is 2.41. The lowest BCUT2D eigenvalue weighted by Gasteiger charge is -2.01. The molecular weight excluding hydrogens is 344 g/mol. The number of carboxylic acids is 1. The lowest BCUT2D eigenvalue weighted by molar-refractivity contribution is 0.0692. The van der Waals surface area contributed by atoms with Crippen molar-refractivity contribution in [2.45, 2.75) is 0 Å². The number of aromatic amines is 1. The van der Waals surface area contributed by atoms with Gasteiger partial charge in [-0.25, -0.2) is 13.6 Å². The van der Waals surface area contributed by atoms with Gasteiger partial charge in [0.15, 0.2) is 0 Å². The summed E-state index contributed by atoms with van der Waals surface area (Å²) < 4.78 is 27.1. The molecule has 0 bridgehead atoms. The fourth-order valence-corrected chi connectivity index (χ4v) is 3.97. The average molecular weight is 355 g/mol. The van der Waals surface area contributed by atoms with Gasteiger partial charge in [-0.15, -0.1) is 11.3 Å². The van der Waals surface area contributed by atoms with E-state index >= 15 is 0 Å². The van der Waals surface area contributed by atoms with Crippen molar-refractivity contribution < 1.29 is 18.7 Å². The number of nitrogens with one attached hydrogen (secondary N) is 1. The maximum absolute atomic E-state index is 13.2. The van der Waals surface area contributed by atoms with Gasteiger partial charge >= 0.3 is 5.97 Å². The Bertz CT molecular complexity index is 1080. The zero-order valence-corrected chi connectivity index (χ0v) is 13.5. The van der Waals surface area contributed by atoms with Crippen LogP contribution in [0.15, 0.2) is 53.9 Å². The monoisotopic (exact) mass is 355 g/mol. The first kappa shape index (κ1) is 15.5. The van der Waals surface area contributed by atoms with Gasteiger partial charge in [0.1, 0.15) is 17.3 Å². The van der Waals surface area contributed by atoms with Crippen LogP contribution in [0, 0.1) is 11.6 Å². The number of carboxylic acid groups (broad SMARTS) is 1. The first-order valence-electron chi connectivity index (χ1n) is 7.43. The highest BCUT2D eigenvalue weighted by molar-refractivity contribution is 7.18. The van der Waals surface area contributed by atoms with Gasteiger partial charge in [-0.1, -0.05) is 24.3 Å². The average Bonchev–Trinajstić information content (AvgIpc) is 3.16. The highest BCUT2D eigenvalue weighted by Gasteiger charge is 2.22. The van der Waals surface area contributed by atoms with E-state index in [9.17, 15) is 18.7 Å². The summed E-state index contributed by atoms with van der Waals surface area (Å²) in [6, 6.07) is 11.7. The first-order valence-corrected chi connectivity index (χ1v) is 8.31. The van der Waals surface area contributed by atoms with Gasteiger partial charge in [0.25, 0.3) is 0 Å². The standard InChI is InChI=1S/C19H11F2NO2S/c20-12-5-1-10(2-6-12)14-9-25-18-15(11-3-7-13(21)8-4-11)17(19(23)24)22-16(14)18/h1-9,22H,(H,23,24). The Morgan fingerprint density at radius 2 is 1.48 bits per heavy atom. The summed E-state index contributed by atoms with van der Waals surface area (Å²) in [5.41, 5.74) is 3.47. The van der Waals surface area contributed by atoms with E-state index in [1.807, 2.05) is 5.38 Å². The van der Waals surface area contributed by atoms with Crippen molar-refractivity contribution in [3.63, 3.8) is 0 Å². The molecule has 0 spiro atoms. The first-order chi connectivity index (χ1) is 12.0. The van der Waals surface area contributed by atoms with E-state index in [2.05, 4.69) is 4.98 Å². The van der Waals surface area contributed by atoms with Gasteiger partial charge in [-0.2, -0.15) is 0 Å². The van der Waals surface area contributed by atoms with Crippen molar-refractivity contribution in [2.75, 3.05) is 0 Å². The topological polar surface area (TPSA) is 53.1 Å². The Balaban J connectivity index is 1.96. The third-order valence-electron chi connectivity index (χ3n) is 4.02. The lowest BCUT2D eigenvalue weighted by Crippen LogP contribution is -1.98. The number of H-pyrrole nitrogens is 1. The minimum absolute atomic E-state index is 0.0526. The number of aromatic carboxylic acids is 1. The van der Waals surface area contributed by atoms with E-state index < -0.39 is 5.97 Å². The molecule has 0 fully saturated rings. The quantitative estimate of drug-likeness (QED) is 0.507. The zero-order chi connectivity index (χ0) is 17.6. The summed E-state index contributed by atoms with van der Waals surface area (Å²) >= 11 is 1.39. The molecule has 0 aliphatic heterocycles. The van der Waals surface area contributed by atoms with Gasteiger partial charge in [-0.05, 0) is 35.4 Å². The van der Waals surface area contributed by atoms with Crippen molar-refractivity contribution >= 4 is 27.5 Å². The number of thiophene rings is 1. The molecule has 6 heteroatoms. The molecule has 2 aromatic heterocycles. The molecule has 0 aliphatic carbocycles. The maximum atomic E-state index is 13.2. The van der Waals surface area contributed by atoms with Crippen LogP contribution in [0.3, 0.4) is 0 Å². The molecule has 0 saturated heterocycles. The molecule has 2 aromatic carbocycles. The van der Waals surface area contributed by atoms with Gasteiger partial charge < -0.3 is 10.1 Å². The van der Waals surface area contributed by atoms with Gasteiger partial charge in [0.05, 0.1) is 10.2 Å². The van der Waals surface area contributed by atoms with Crippen LogP contribution in [0.25, 0.3) is 32.5 Å². The lowest BCUT2D eigenvalue weighted by atomic mass is 10.0. The second-order valence-electron chi connectivity index (χ2n) is 5.55. The van der Waals surface area contributed by atoms with E-state index in [1.165, 1.54) is 35.6 Å². The van der Waals surface area contributed by atoms with Crippen LogP contribution in [-0.2, 0) is 0 Å². The number of rotatable bonds is 3. The Morgan fingerprint density at radius 1 is 0.920 bits per heavy atom. The number of aromatic nitrogens is 1. The van der Waals surface area contributed by atoms with Gasteiger partial charge in [0.2, 0.25) is 0 Å². The molecule has 2 heterocycles. The minimum atomic E-state index is -1.09. The van der Waals surface area contributed by atoms with E-state index in [4.69, 9.17) is 0 Å². The maximum Gasteiger partial charge on any atom is 0.353 e. The van der Waals surface area contributed by atoms with E-state index in [0.29, 0.717) is 16.6 Å². The molecule has 0 amide bonds. The number of carbonyl (C=O) groups is 1. The van der Waals surface area contributed by atoms with E-state index in [1.54, 1.807) is 24.3 Å². The van der Waals surface area contributed by atoms with Crippen LogP contribution in [0.5, 0.6) is 0 Å². The molecule has 0 saturated carbocycles. The molecule has 25 heavy (non-hydrogen) atoms. The number of benzene rings is 2. The SMILES string of the molecule is O=C(O)c1[nH]c2c(-c3ccc(F)cc3)csc2c1-c1ccc(F)cc1. The molecule has 0 unspecified atom stereocenters. The summed E-state index contributed by atoms with van der Waals surface area (Å²) in [5.74, 6) is -1.81. The Morgan fingerprint density at radius 3 is 2.04 bits per heavy atom. The normalized spacial score (nSPS) is 11.1. The largest absolute Gasteiger partial charge is 0.477 e. The van der Waals surface area contributed by atoms with Crippen molar-refractivity contribution in [3.05, 3.63) is 71.2 Å². The van der Waals surface area contributed by atoms with Crippen LogP contribution >= 0.6 is 11.3 Å². The minimum Gasteiger partial charge on any atom is -0.477 e. The van der Waals surface area contributed by atoms with Crippen LogP contribution in [0.2, 0.25) is 0 Å². The van der Waals surface area contributed by atoms with Crippen LogP contribution in [-0.4, -0.2) is 16.1 Å². The smallest absolute Gasteiger partial charge is 0.353 e. The predicted molar refractivity (Wildman–Crippen MR) is 93.9 cm³/mol. The molecule has 2 N–H and O–H groups in total. The summed E-state index contributed by atoms with van der Waals surface area (Å²) in [5, 5.41) is 11.4. The molecule has 4 rings (SSSR count). The highest BCUT2D eigenvalue weighted by atomic mass is 32.1. The van der Waals surface area contributed by atoms with Crippen molar-refractivity contribution in [2.24, 2.45) is 0 Å². The number of halogens is 2. The molecule has 0 atom stereocenters. The molecule has 124 valence electrons. The third-order valence-corrected chi connectivity index (χ3v) is 5.02. The van der Waals surface area contributed by atoms with E-state index in [0.717, 1.165) is 15.8 Å². The summed E-state index contributed by atoms with van der Waals surface area (Å²) in [7, 11) is 0. The second kappa shape index (κ2) is 5.82. The fraction of sp³-hybridized carbons (Fsp3) is 0. The molecule has 4 aromatic rings. The van der Waals surface area contributed by atoms with Crippen molar-refractivity contribution in [1.82, 2.24) is 4.98 Å².